The Morgan fingerprint density at radius 1 is 1.57 bits per heavy atom. The van der Waals surface area contributed by atoms with Crippen LogP contribution >= 0.6 is 0 Å². The van der Waals surface area contributed by atoms with Crippen LogP contribution < -0.4 is 10.6 Å². The minimum atomic E-state index is -0.675. The molecule has 2 saturated heterocycles. The summed E-state index contributed by atoms with van der Waals surface area (Å²) >= 11 is 0. The van der Waals surface area contributed by atoms with Gasteiger partial charge >= 0.3 is 0 Å². The molecule has 6 nitrogen and oxygen atoms in total. The molecular formula is C16H20FN5O. The lowest BCUT2D eigenvalue weighted by Crippen LogP contribution is -2.57. The monoisotopic (exact) mass is 317 g/mol. The number of likely N-dealkylation sites (tertiary alicyclic amines) is 1. The van der Waals surface area contributed by atoms with Crippen LogP contribution in [-0.2, 0) is 4.79 Å². The second-order valence-corrected chi connectivity index (χ2v) is 6.10. The third kappa shape index (κ3) is 2.84. The first-order chi connectivity index (χ1) is 11.1. The highest BCUT2D eigenvalue weighted by molar-refractivity contribution is 5.86. The molecule has 1 amide bonds. The lowest BCUT2D eigenvalue weighted by Gasteiger charge is -2.38. The highest BCUT2D eigenvalue weighted by atomic mass is 19.1. The molecular weight excluding hydrogens is 297 g/mol. The first kappa shape index (κ1) is 15.6. The fourth-order valence-electron chi connectivity index (χ4n) is 3.07. The Morgan fingerprint density at radius 3 is 2.87 bits per heavy atom. The normalized spacial score (nSPS) is 21.2. The van der Waals surface area contributed by atoms with Crippen LogP contribution in [0.4, 0.5) is 10.2 Å². The van der Waals surface area contributed by atoms with Gasteiger partial charge in [0.05, 0.1) is 17.7 Å². The van der Waals surface area contributed by atoms with Gasteiger partial charge in [-0.1, -0.05) is 6.07 Å². The Hall–Kier alpha value is -2.28. The summed E-state index contributed by atoms with van der Waals surface area (Å²) in [6, 6.07) is 3.59. The summed E-state index contributed by atoms with van der Waals surface area (Å²) in [7, 11) is 0. The van der Waals surface area contributed by atoms with E-state index in [0.29, 0.717) is 12.0 Å². The molecule has 0 aliphatic carbocycles. The Balaban J connectivity index is 1.67. The van der Waals surface area contributed by atoms with Gasteiger partial charge in [-0.15, -0.1) is 0 Å². The molecule has 1 atom stereocenters. The fourth-order valence-corrected chi connectivity index (χ4v) is 3.07. The topological polar surface area (TPSA) is 81.1 Å². The van der Waals surface area contributed by atoms with E-state index in [0.717, 1.165) is 37.8 Å². The number of carbonyl (C=O) groups excluding carboxylic acids is 1. The van der Waals surface area contributed by atoms with Crippen molar-refractivity contribution < 1.29 is 9.18 Å². The maximum atomic E-state index is 12.9. The van der Waals surface area contributed by atoms with Gasteiger partial charge in [0.15, 0.2) is 5.83 Å². The van der Waals surface area contributed by atoms with Gasteiger partial charge in [-0.2, -0.15) is 0 Å². The van der Waals surface area contributed by atoms with Gasteiger partial charge in [0.1, 0.15) is 5.82 Å². The first-order valence-electron chi connectivity index (χ1n) is 7.66. The number of rotatable bonds is 5. The van der Waals surface area contributed by atoms with Gasteiger partial charge in [0.25, 0.3) is 0 Å². The molecule has 7 heteroatoms. The molecule has 0 bridgehead atoms. The number of nitrogens with zero attached hydrogens (tertiary/aromatic N) is 2. The number of aromatic nitrogens is 1. The van der Waals surface area contributed by atoms with Crippen LogP contribution in [0, 0.1) is 10.8 Å². The van der Waals surface area contributed by atoms with Crippen LogP contribution in [0.3, 0.4) is 0 Å². The van der Waals surface area contributed by atoms with E-state index in [1.165, 1.54) is 0 Å². The largest absolute Gasteiger partial charge is 0.344 e. The Bertz CT molecular complexity index is 638. The number of hydrogen-bond donors (Lipinski definition) is 3. The SMILES string of the molecule is C[C@@H](c1ccc(N/C=C(/F)C=N)nc1)N1CCC2(CNC2)C1=O. The van der Waals surface area contributed by atoms with Crippen LogP contribution in [0.25, 0.3) is 0 Å². The number of hydrogen-bond acceptors (Lipinski definition) is 5. The maximum absolute atomic E-state index is 12.9. The lowest BCUT2D eigenvalue weighted by molar-refractivity contribution is -0.140. The Morgan fingerprint density at radius 2 is 2.35 bits per heavy atom. The molecule has 3 rings (SSSR count). The van der Waals surface area contributed by atoms with Crippen molar-refractivity contribution in [2.45, 2.75) is 19.4 Å². The number of pyridine rings is 1. The zero-order valence-electron chi connectivity index (χ0n) is 13.0. The van der Waals surface area contributed by atoms with Crippen LogP contribution in [0.15, 0.2) is 30.4 Å². The number of amides is 1. The Kier molecular flexibility index (Phi) is 4.12. The van der Waals surface area contributed by atoms with E-state index in [2.05, 4.69) is 15.6 Å². The number of halogens is 1. The quantitative estimate of drug-likeness (QED) is 0.724. The summed E-state index contributed by atoms with van der Waals surface area (Å²) in [5.74, 6) is 0.0404. The van der Waals surface area contributed by atoms with E-state index in [1.54, 1.807) is 12.3 Å². The molecule has 1 aromatic heterocycles. The van der Waals surface area contributed by atoms with Crippen molar-refractivity contribution in [3.63, 3.8) is 0 Å². The summed E-state index contributed by atoms with van der Waals surface area (Å²) in [6.45, 7) is 4.33. The second-order valence-electron chi connectivity index (χ2n) is 6.10. The van der Waals surface area contributed by atoms with E-state index in [-0.39, 0.29) is 17.4 Å². The van der Waals surface area contributed by atoms with E-state index < -0.39 is 5.83 Å². The summed E-state index contributed by atoms with van der Waals surface area (Å²) in [5, 5.41) is 12.6. The van der Waals surface area contributed by atoms with Gasteiger partial charge in [0, 0.05) is 32.0 Å². The minimum Gasteiger partial charge on any atom is -0.344 e. The van der Waals surface area contributed by atoms with E-state index >= 15 is 0 Å². The van der Waals surface area contributed by atoms with Crippen molar-refractivity contribution in [1.29, 1.82) is 5.41 Å². The van der Waals surface area contributed by atoms with Gasteiger partial charge in [0.2, 0.25) is 5.91 Å². The molecule has 0 saturated carbocycles. The van der Waals surface area contributed by atoms with Gasteiger partial charge in [-0.3, -0.25) is 4.79 Å². The average Bonchev–Trinajstić information content (AvgIpc) is 2.90. The minimum absolute atomic E-state index is 0.0297. The van der Waals surface area contributed by atoms with Crippen molar-refractivity contribution in [3.8, 4) is 0 Å². The van der Waals surface area contributed by atoms with Gasteiger partial charge in [-0.25, -0.2) is 9.37 Å². The number of anilines is 1. The van der Waals surface area contributed by atoms with Crippen LogP contribution in [0.2, 0.25) is 0 Å². The molecule has 1 spiro atoms. The van der Waals surface area contributed by atoms with Crippen molar-refractivity contribution in [2.75, 3.05) is 25.0 Å². The molecule has 0 radical (unpaired) electrons. The van der Waals surface area contributed by atoms with Crippen molar-refractivity contribution >= 4 is 17.9 Å². The number of carbonyl (C=O) groups is 1. The molecule has 3 heterocycles. The average molecular weight is 317 g/mol. The van der Waals surface area contributed by atoms with E-state index in [4.69, 9.17) is 5.41 Å². The third-order valence-electron chi connectivity index (χ3n) is 4.70. The standard InChI is InChI=1S/C16H20FN5O/c1-11(22-5-4-16(15(22)23)9-19-10-16)12-2-3-14(20-7-12)21-8-13(17)6-18/h2-3,6-8,11,18-19H,4-5,9-10H2,1H3,(H,20,21)/b13-8+,18-6?/t11-/m0/s1. The molecule has 2 aliphatic heterocycles. The summed E-state index contributed by atoms with van der Waals surface area (Å²) in [4.78, 5) is 18.7. The van der Waals surface area contributed by atoms with Crippen LogP contribution in [0.5, 0.6) is 0 Å². The zero-order valence-corrected chi connectivity index (χ0v) is 13.0. The van der Waals surface area contributed by atoms with Crippen LogP contribution in [0.1, 0.15) is 24.9 Å². The lowest BCUT2D eigenvalue weighted by atomic mass is 9.80. The second kappa shape index (κ2) is 6.08. The number of nitrogens with one attached hydrogen (secondary N) is 3. The molecule has 2 fully saturated rings. The smallest absolute Gasteiger partial charge is 0.231 e. The third-order valence-corrected chi connectivity index (χ3v) is 4.70. The van der Waals surface area contributed by atoms with Gasteiger partial charge in [-0.05, 0) is 25.0 Å². The van der Waals surface area contributed by atoms with E-state index in [9.17, 15) is 9.18 Å². The molecule has 0 unspecified atom stereocenters. The van der Waals surface area contributed by atoms with Crippen LogP contribution in [-0.4, -0.2) is 41.6 Å². The maximum Gasteiger partial charge on any atom is 0.231 e. The first-order valence-corrected chi connectivity index (χ1v) is 7.66. The highest BCUT2D eigenvalue weighted by Gasteiger charge is 2.51. The molecule has 23 heavy (non-hydrogen) atoms. The summed E-state index contributed by atoms with van der Waals surface area (Å²) in [6.07, 6.45) is 4.30. The molecule has 1 aromatic rings. The zero-order chi connectivity index (χ0) is 16.4. The predicted molar refractivity (Wildman–Crippen MR) is 85.9 cm³/mol. The predicted octanol–water partition coefficient (Wildman–Crippen LogP) is 1.84. The highest BCUT2D eigenvalue weighted by Crippen LogP contribution is 2.39. The Labute approximate surface area is 134 Å². The summed E-state index contributed by atoms with van der Waals surface area (Å²) in [5.41, 5.74) is 0.767. The summed E-state index contributed by atoms with van der Waals surface area (Å²) < 4.78 is 12.9. The number of allylic oxidation sites excluding steroid dienone is 1. The molecule has 0 aromatic carbocycles. The van der Waals surface area contributed by atoms with E-state index in [1.807, 2.05) is 17.9 Å². The van der Waals surface area contributed by atoms with Crippen molar-refractivity contribution in [1.82, 2.24) is 15.2 Å². The molecule has 3 N–H and O–H groups in total. The van der Waals surface area contributed by atoms with Gasteiger partial charge < -0.3 is 20.9 Å². The van der Waals surface area contributed by atoms with Crippen molar-refractivity contribution in [2.24, 2.45) is 5.41 Å². The molecule has 122 valence electrons. The molecule has 2 aliphatic rings. The van der Waals surface area contributed by atoms with Crippen molar-refractivity contribution in [3.05, 3.63) is 35.9 Å². The fraction of sp³-hybridized carbons (Fsp3) is 0.438.